The SMILES string of the molecule is CC(NC(=O)c1cnon1)C1CC2CCC1C2. The first-order valence-electron chi connectivity index (χ1n) is 6.32. The van der Waals surface area contributed by atoms with Crippen LogP contribution in [0, 0.1) is 17.8 Å². The van der Waals surface area contributed by atoms with Crippen LogP contribution in [0.15, 0.2) is 10.8 Å². The second-order valence-electron chi connectivity index (χ2n) is 5.39. The van der Waals surface area contributed by atoms with E-state index < -0.39 is 0 Å². The van der Waals surface area contributed by atoms with Crippen molar-refractivity contribution in [3.63, 3.8) is 0 Å². The lowest BCUT2D eigenvalue weighted by atomic mass is 9.84. The van der Waals surface area contributed by atoms with Crippen molar-refractivity contribution >= 4 is 5.91 Å². The normalized spacial score (nSPS) is 32.6. The predicted molar refractivity (Wildman–Crippen MR) is 60.2 cm³/mol. The summed E-state index contributed by atoms with van der Waals surface area (Å²) in [6.07, 6.45) is 6.69. The molecule has 92 valence electrons. The summed E-state index contributed by atoms with van der Waals surface area (Å²) < 4.78 is 4.43. The van der Waals surface area contributed by atoms with Crippen LogP contribution in [0.5, 0.6) is 0 Å². The maximum Gasteiger partial charge on any atom is 0.275 e. The molecule has 0 saturated heterocycles. The number of nitrogens with zero attached hydrogens (tertiary/aromatic N) is 2. The van der Waals surface area contributed by atoms with Gasteiger partial charge in [0.1, 0.15) is 6.20 Å². The third-order valence-electron chi connectivity index (χ3n) is 4.39. The van der Waals surface area contributed by atoms with Crippen molar-refractivity contribution in [3.05, 3.63) is 11.9 Å². The first kappa shape index (κ1) is 10.7. The molecule has 2 aliphatic rings. The number of nitrogens with one attached hydrogen (secondary N) is 1. The number of hydrogen-bond donors (Lipinski definition) is 1. The molecular weight excluding hydrogens is 218 g/mol. The molecule has 0 spiro atoms. The van der Waals surface area contributed by atoms with E-state index in [1.807, 2.05) is 0 Å². The minimum atomic E-state index is -0.179. The molecule has 0 aliphatic heterocycles. The minimum Gasteiger partial charge on any atom is -0.348 e. The van der Waals surface area contributed by atoms with Gasteiger partial charge in [-0.3, -0.25) is 4.79 Å². The number of rotatable bonds is 3. The van der Waals surface area contributed by atoms with Gasteiger partial charge in [-0.2, -0.15) is 0 Å². The fraction of sp³-hybridized carbons (Fsp3) is 0.750. The van der Waals surface area contributed by atoms with Crippen molar-refractivity contribution < 1.29 is 9.42 Å². The van der Waals surface area contributed by atoms with Gasteiger partial charge in [0.05, 0.1) is 0 Å². The van der Waals surface area contributed by atoms with Gasteiger partial charge in [0, 0.05) is 6.04 Å². The third-order valence-corrected chi connectivity index (χ3v) is 4.39. The number of carbonyl (C=O) groups excluding carboxylic acids is 1. The lowest BCUT2D eigenvalue weighted by molar-refractivity contribution is 0.0905. The monoisotopic (exact) mass is 235 g/mol. The molecule has 0 radical (unpaired) electrons. The molecular formula is C12H17N3O2. The van der Waals surface area contributed by atoms with Gasteiger partial charge in [0.25, 0.3) is 5.91 Å². The van der Waals surface area contributed by atoms with Gasteiger partial charge in [0.2, 0.25) is 0 Å². The lowest BCUT2D eigenvalue weighted by Crippen LogP contribution is -2.40. The van der Waals surface area contributed by atoms with E-state index in [2.05, 4.69) is 27.2 Å². The average Bonchev–Trinajstić information content (AvgIpc) is 3.05. The molecule has 3 rings (SSSR count). The summed E-state index contributed by atoms with van der Waals surface area (Å²) in [6, 6.07) is 0.217. The second kappa shape index (κ2) is 4.13. The van der Waals surface area contributed by atoms with Crippen molar-refractivity contribution in [2.45, 2.75) is 38.6 Å². The summed E-state index contributed by atoms with van der Waals surface area (Å²) in [5.74, 6) is 2.17. The number of amides is 1. The van der Waals surface area contributed by atoms with E-state index in [4.69, 9.17) is 0 Å². The number of hydrogen-bond acceptors (Lipinski definition) is 4. The van der Waals surface area contributed by atoms with Crippen molar-refractivity contribution in [1.82, 2.24) is 15.6 Å². The Morgan fingerprint density at radius 1 is 1.53 bits per heavy atom. The first-order valence-corrected chi connectivity index (χ1v) is 6.32. The standard InChI is InChI=1S/C12H17N3O2/c1-7(10-5-8-2-3-9(10)4-8)14-12(16)11-6-13-17-15-11/h6-10H,2-5H2,1H3,(H,14,16). The lowest BCUT2D eigenvalue weighted by Gasteiger charge is -2.28. The topological polar surface area (TPSA) is 68.0 Å². The fourth-order valence-electron chi connectivity index (χ4n) is 3.56. The Morgan fingerprint density at radius 2 is 2.41 bits per heavy atom. The Hall–Kier alpha value is -1.39. The Morgan fingerprint density at radius 3 is 3.00 bits per heavy atom. The van der Waals surface area contributed by atoms with E-state index in [0.717, 1.165) is 11.8 Å². The third kappa shape index (κ3) is 1.94. The highest BCUT2D eigenvalue weighted by molar-refractivity contribution is 5.91. The molecule has 1 aromatic heterocycles. The Balaban J connectivity index is 1.60. The zero-order valence-corrected chi connectivity index (χ0v) is 9.93. The van der Waals surface area contributed by atoms with Gasteiger partial charge >= 0.3 is 0 Å². The maximum absolute atomic E-state index is 11.8. The summed E-state index contributed by atoms with van der Waals surface area (Å²) >= 11 is 0. The molecule has 1 N–H and O–H groups in total. The number of aromatic nitrogens is 2. The Bertz CT molecular complexity index is 404. The number of fused-ring (bicyclic) bond motifs is 2. The van der Waals surface area contributed by atoms with Crippen molar-refractivity contribution in [3.8, 4) is 0 Å². The van der Waals surface area contributed by atoms with Gasteiger partial charge in [-0.15, -0.1) is 0 Å². The zero-order valence-electron chi connectivity index (χ0n) is 9.93. The largest absolute Gasteiger partial charge is 0.348 e. The smallest absolute Gasteiger partial charge is 0.275 e. The first-order chi connectivity index (χ1) is 8.24. The van der Waals surface area contributed by atoms with Crippen molar-refractivity contribution in [2.24, 2.45) is 17.8 Å². The van der Waals surface area contributed by atoms with Gasteiger partial charge in [-0.1, -0.05) is 11.6 Å². The summed E-state index contributed by atoms with van der Waals surface area (Å²) in [4.78, 5) is 11.8. The van der Waals surface area contributed by atoms with Crippen molar-refractivity contribution in [2.75, 3.05) is 0 Å². The molecule has 2 bridgehead atoms. The predicted octanol–water partition coefficient (Wildman–Crippen LogP) is 1.62. The molecule has 5 heteroatoms. The summed E-state index contributed by atoms with van der Waals surface area (Å²) in [7, 11) is 0. The molecule has 5 nitrogen and oxygen atoms in total. The van der Waals surface area contributed by atoms with E-state index in [1.165, 1.54) is 31.9 Å². The molecule has 4 unspecified atom stereocenters. The second-order valence-corrected chi connectivity index (χ2v) is 5.39. The molecule has 1 aromatic rings. The fourth-order valence-corrected chi connectivity index (χ4v) is 3.56. The highest BCUT2D eigenvalue weighted by Crippen LogP contribution is 2.49. The molecule has 2 aliphatic carbocycles. The van der Waals surface area contributed by atoms with E-state index in [1.54, 1.807) is 0 Å². The van der Waals surface area contributed by atoms with E-state index >= 15 is 0 Å². The molecule has 2 saturated carbocycles. The summed E-state index contributed by atoms with van der Waals surface area (Å²) in [5.41, 5.74) is 0.264. The summed E-state index contributed by atoms with van der Waals surface area (Å²) in [5, 5.41) is 9.99. The Labute approximate surface area is 99.9 Å². The van der Waals surface area contributed by atoms with Gasteiger partial charge < -0.3 is 5.32 Å². The van der Waals surface area contributed by atoms with Crippen LogP contribution >= 0.6 is 0 Å². The van der Waals surface area contributed by atoms with E-state index in [0.29, 0.717) is 5.92 Å². The maximum atomic E-state index is 11.8. The molecule has 1 heterocycles. The molecule has 2 fully saturated rings. The molecule has 0 aromatic carbocycles. The van der Waals surface area contributed by atoms with Crippen molar-refractivity contribution in [1.29, 1.82) is 0 Å². The quantitative estimate of drug-likeness (QED) is 0.864. The van der Waals surface area contributed by atoms with Gasteiger partial charge in [-0.25, -0.2) is 4.63 Å². The van der Waals surface area contributed by atoms with Crippen LogP contribution in [0.25, 0.3) is 0 Å². The highest BCUT2D eigenvalue weighted by atomic mass is 16.6. The summed E-state index contributed by atoms with van der Waals surface area (Å²) in [6.45, 7) is 2.09. The van der Waals surface area contributed by atoms with Gasteiger partial charge in [-0.05, 0) is 49.1 Å². The van der Waals surface area contributed by atoms with Crippen LogP contribution in [0.2, 0.25) is 0 Å². The van der Waals surface area contributed by atoms with Gasteiger partial charge in [0.15, 0.2) is 5.69 Å². The van der Waals surface area contributed by atoms with Crippen LogP contribution in [0.3, 0.4) is 0 Å². The van der Waals surface area contributed by atoms with E-state index in [9.17, 15) is 4.79 Å². The van der Waals surface area contributed by atoms with Crippen LogP contribution in [-0.4, -0.2) is 22.3 Å². The van der Waals surface area contributed by atoms with Crippen LogP contribution < -0.4 is 5.32 Å². The molecule has 17 heavy (non-hydrogen) atoms. The van der Waals surface area contributed by atoms with E-state index in [-0.39, 0.29) is 17.6 Å². The highest BCUT2D eigenvalue weighted by Gasteiger charge is 2.42. The zero-order chi connectivity index (χ0) is 11.8. The van der Waals surface area contributed by atoms with Crippen LogP contribution in [0.1, 0.15) is 43.1 Å². The van der Waals surface area contributed by atoms with Crippen LogP contribution in [0.4, 0.5) is 0 Å². The Kier molecular flexibility index (Phi) is 2.61. The molecule has 4 atom stereocenters. The van der Waals surface area contributed by atoms with Crippen LogP contribution in [-0.2, 0) is 0 Å². The average molecular weight is 235 g/mol. The molecule has 1 amide bonds. The minimum absolute atomic E-state index is 0.179. The number of carbonyl (C=O) groups is 1.